The van der Waals surface area contributed by atoms with Crippen LogP contribution in [-0.4, -0.2) is 69.6 Å². The number of amides is 3. The summed E-state index contributed by atoms with van der Waals surface area (Å²) in [6.07, 6.45) is 3.88. The first-order valence-electron chi connectivity index (χ1n) is 11.3. The Bertz CT molecular complexity index is 405. The van der Waals surface area contributed by atoms with Crippen LogP contribution in [0.1, 0.15) is 74.7 Å². The molecule has 4 unspecified atom stereocenters. The van der Waals surface area contributed by atoms with Crippen LogP contribution in [0.25, 0.3) is 0 Å². The average Bonchev–Trinajstić information content (AvgIpc) is 2.75. The number of rotatable bonds is 11. The van der Waals surface area contributed by atoms with E-state index in [2.05, 4.69) is 64.8 Å². The molecular formula is C23H52N4O4. The lowest BCUT2D eigenvalue weighted by molar-refractivity contribution is -0.136. The van der Waals surface area contributed by atoms with Crippen LogP contribution in [0.2, 0.25) is 0 Å². The molecular weight excluding hydrogens is 396 g/mol. The number of methoxy groups -OCH3 is 1. The van der Waals surface area contributed by atoms with Gasteiger partial charge in [-0.1, -0.05) is 61.3 Å². The number of nitrogens with zero attached hydrogens (tertiary/aromatic N) is 1. The second kappa shape index (κ2) is 26.4. The molecule has 0 radical (unpaired) electrons. The van der Waals surface area contributed by atoms with Gasteiger partial charge in [0.25, 0.3) is 0 Å². The van der Waals surface area contributed by atoms with E-state index in [1.807, 2.05) is 14.0 Å². The van der Waals surface area contributed by atoms with E-state index in [9.17, 15) is 9.59 Å². The van der Waals surface area contributed by atoms with Crippen molar-refractivity contribution in [3.63, 3.8) is 0 Å². The molecule has 188 valence electrons. The second-order valence-corrected chi connectivity index (χ2v) is 7.73. The minimum absolute atomic E-state index is 0.0186. The maximum atomic E-state index is 11.9. The summed E-state index contributed by atoms with van der Waals surface area (Å²) < 4.78 is 5.48. The van der Waals surface area contributed by atoms with Crippen molar-refractivity contribution in [1.29, 1.82) is 0 Å². The molecule has 0 aliphatic heterocycles. The van der Waals surface area contributed by atoms with Crippen LogP contribution in [-0.2, 0) is 19.1 Å². The summed E-state index contributed by atoms with van der Waals surface area (Å²) in [5, 5.41) is 5.57. The van der Waals surface area contributed by atoms with Crippen molar-refractivity contribution in [2.75, 3.05) is 27.7 Å². The van der Waals surface area contributed by atoms with Crippen molar-refractivity contribution < 1.29 is 19.1 Å². The Morgan fingerprint density at radius 1 is 1.06 bits per heavy atom. The van der Waals surface area contributed by atoms with Crippen molar-refractivity contribution in [1.82, 2.24) is 15.5 Å². The third-order valence-electron chi connectivity index (χ3n) is 4.95. The monoisotopic (exact) mass is 448 g/mol. The van der Waals surface area contributed by atoms with Gasteiger partial charge in [0, 0.05) is 20.2 Å². The SMILES string of the molecule is CCC.CCC(C)C(C(CC)OC)N(C)C(=O)CNC=O.CNC(C)C(C)C.NC=O. The lowest BCUT2D eigenvalue weighted by Gasteiger charge is -2.37. The zero-order valence-electron chi connectivity index (χ0n) is 22.0. The number of likely N-dealkylation sites (N-methyl/N-ethyl adjacent to an activating group) is 1. The Morgan fingerprint density at radius 2 is 1.52 bits per heavy atom. The van der Waals surface area contributed by atoms with Gasteiger partial charge in [-0.2, -0.15) is 0 Å². The Kier molecular flexibility index (Phi) is 31.2. The summed E-state index contributed by atoms with van der Waals surface area (Å²) in [6, 6.07) is 0.686. The highest BCUT2D eigenvalue weighted by Gasteiger charge is 2.31. The van der Waals surface area contributed by atoms with E-state index in [0.717, 1.165) is 18.8 Å². The maximum Gasteiger partial charge on any atom is 0.242 e. The Balaban J connectivity index is -0.000000230. The molecule has 4 atom stereocenters. The molecule has 0 rings (SSSR count). The van der Waals surface area contributed by atoms with Gasteiger partial charge in [0.1, 0.15) is 0 Å². The second-order valence-electron chi connectivity index (χ2n) is 7.73. The third kappa shape index (κ3) is 21.4. The van der Waals surface area contributed by atoms with Crippen molar-refractivity contribution in [3.8, 4) is 0 Å². The lowest BCUT2D eigenvalue weighted by atomic mass is 9.91. The summed E-state index contributed by atoms with van der Waals surface area (Å²) in [5.74, 6) is 1.01. The smallest absolute Gasteiger partial charge is 0.242 e. The van der Waals surface area contributed by atoms with Crippen molar-refractivity contribution in [2.45, 2.75) is 92.8 Å². The van der Waals surface area contributed by atoms with Gasteiger partial charge < -0.3 is 26.0 Å². The largest absolute Gasteiger partial charge is 0.379 e. The van der Waals surface area contributed by atoms with E-state index >= 15 is 0 Å². The number of carbonyl (C=O) groups is 3. The molecule has 0 saturated heterocycles. The van der Waals surface area contributed by atoms with Gasteiger partial charge in [0.2, 0.25) is 18.7 Å². The fraction of sp³-hybridized carbons (Fsp3) is 0.870. The van der Waals surface area contributed by atoms with E-state index in [4.69, 9.17) is 9.53 Å². The van der Waals surface area contributed by atoms with E-state index in [1.165, 1.54) is 6.42 Å². The molecule has 0 saturated carbocycles. The minimum Gasteiger partial charge on any atom is -0.379 e. The summed E-state index contributed by atoms with van der Waals surface area (Å²) >= 11 is 0. The standard InChI is InChI=1S/C13H26N2O3.C6H15N.C3H8.CH3NO/c1-6-10(3)13(11(7-2)18-5)15(4)12(17)8-14-9-16;1-5(2)6(3)7-4;1-3-2;2-1-3/h9-11,13H,6-8H2,1-5H3,(H,14,16);5-7H,1-4H3;3H2,1-2H3;1H,(H2,2,3). The molecule has 0 aromatic heterocycles. The van der Waals surface area contributed by atoms with Crippen LogP contribution in [0.4, 0.5) is 0 Å². The van der Waals surface area contributed by atoms with E-state index in [-0.39, 0.29) is 31.0 Å². The van der Waals surface area contributed by atoms with E-state index in [1.54, 1.807) is 19.1 Å². The number of hydrogen-bond donors (Lipinski definition) is 3. The first-order valence-corrected chi connectivity index (χ1v) is 11.3. The zero-order chi connectivity index (χ0) is 25.4. The van der Waals surface area contributed by atoms with Gasteiger partial charge in [-0.05, 0) is 32.2 Å². The third-order valence-corrected chi connectivity index (χ3v) is 4.95. The molecule has 0 spiro atoms. The van der Waals surface area contributed by atoms with Gasteiger partial charge in [-0.25, -0.2) is 0 Å². The number of primary amides is 1. The molecule has 3 amide bonds. The predicted octanol–water partition coefficient (Wildman–Crippen LogP) is 2.80. The predicted molar refractivity (Wildman–Crippen MR) is 131 cm³/mol. The molecule has 0 aromatic rings. The van der Waals surface area contributed by atoms with Gasteiger partial charge in [0.05, 0.1) is 18.7 Å². The molecule has 0 aliphatic carbocycles. The van der Waals surface area contributed by atoms with E-state index < -0.39 is 0 Å². The van der Waals surface area contributed by atoms with Gasteiger partial charge >= 0.3 is 0 Å². The Labute approximate surface area is 192 Å². The average molecular weight is 449 g/mol. The number of hydrogen-bond acceptors (Lipinski definition) is 5. The van der Waals surface area contributed by atoms with Crippen LogP contribution in [0, 0.1) is 11.8 Å². The normalized spacial score (nSPS) is 13.4. The molecule has 0 aromatic carbocycles. The summed E-state index contributed by atoms with van der Waals surface area (Å²) in [5.41, 5.74) is 4.17. The highest BCUT2D eigenvalue weighted by atomic mass is 16.5. The first-order chi connectivity index (χ1) is 14.5. The molecule has 0 bridgehead atoms. The molecule has 0 fully saturated rings. The van der Waals surface area contributed by atoms with Gasteiger partial charge in [0.15, 0.2) is 0 Å². The van der Waals surface area contributed by atoms with Gasteiger partial charge in [-0.3, -0.25) is 14.4 Å². The number of carbonyl (C=O) groups excluding carboxylic acids is 3. The molecule has 4 N–H and O–H groups in total. The van der Waals surface area contributed by atoms with Crippen LogP contribution < -0.4 is 16.4 Å². The highest BCUT2D eigenvalue weighted by Crippen LogP contribution is 2.21. The molecule has 0 aliphatic rings. The van der Waals surface area contributed by atoms with Gasteiger partial charge in [-0.15, -0.1) is 0 Å². The summed E-state index contributed by atoms with van der Waals surface area (Å²) in [7, 11) is 5.43. The number of ether oxygens (including phenoxy) is 1. The van der Waals surface area contributed by atoms with E-state index in [0.29, 0.717) is 18.4 Å². The van der Waals surface area contributed by atoms with Crippen LogP contribution in [0.3, 0.4) is 0 Å². The fourth-order valence-electron chi connectivity index (χ4n) is 2.54. The maximum absolute atomic E-state index is 11.9. The van der Waals surface area contributed by atoms with Crippen molar-refractivity contribution in [3.05, 3.63) is 0 Å². The Hall–Kier alpha value is -1.67. The van der Waals surface area contributed by atoms with Crippen molar-refractivity contribution >= 4 is 18.7 Å². The fourth-order valence-corrected chi connectivity index (χ4v) is 2.54. The zero-order valence-corrected chi connectivity index (χ0v) is 22.0. The highest BCUT2D eigenvalue weighted by molar-refractivity contribution is 5.80. The topological polar surface area (TPSA) is 114 Å². The lowest BCUT2D eigenvalue weighted by Crippen LogP contribution is -2.51. The molecule has 8 heteroatoms. The first kappa shape index (κ1) is 36.7. The molecule has 31 heavy (non-hydrogen) atoms. The van der Waals surface area contributed by atoms with Crippen molar-refractivity contribution in [2.24, 2.45) is 17.6 Å². The van der Waals surface area contributed by atoms with Crippen LogP contribution in [0.15, 0.2) is 0 Å². The minimum atomic E-state index is -0.0945. The quantitative estimate of drug-likeness (QED) is 0.421. The molecule has 8 nitrogen and oxygen atoms in total. The number of nitrogens with one attached hydrogen (secondary N) is 2. The Morgan fingerprint density at radius 3 is 1.74 bits per heavy atom. The molecule has 0 heterocycles. The summed E-state index contributed by atoms with van der Waals surface area (Å²) in [6.45, 7) is 17.1. The van der Waals surface area contributed by atoms with Crippen LogP contribution in [0.5, 0.6) is 0 Å². The summed E-state index contributed by atoms with van der Waals surface area (Å²) in [4.78, 5) is 32.5. The van der Waals surface area contributed by atoms with Crippen LogP contribution >= 0.6 is 0 Å². The number of nitrogens with two attached hydrogens (primary N) is 1.